The highest BCUT2D eigenvalue weighted by atomic mass is 32.2. The van der Waals surface area contributed by atoms with Gasteiger partial charge in [-0.2, -0.15) is 18.4 Å². The maximum Gasteiger partial charge on any atom is 0.334 e. The average Bonchev–Trinajstić information content (AvgIpc) is 2.81. The lowest BCUT2D eigenvalue weighted by atomic mass is 9.69. The highest BCUT2D eigenvalue weighted by molar-refractivity contribution is 7.83. The molecule has 2 rings (SSSR count). The number of likely N-dealkylation sites (N-methyl/N-ethyl adjacent to an activating group) is 1. The lowest BCUT2D eigenvalue weighted by molar-refractivity contribution is 0.196. The molecule has 0 amide bonds. The Kier molecular flexibility index (Phi) is 9.89. The molecular formula is C25H35N3O5S. The van der Waals surface area contributed by atoms with Crippen LogP contribution in [0.1, 0.15) is 37.8 Å². The van der Waals surface area contributed by atoms with Gasteiger partial charge in [-0.3, -0.25) is 9.45 Å². The topological polar surface area (TPSA) is 112 Å². The van der Waals surface area contributed by atoms with E-state index in [1.165, 1.54) is 0 Å². The Bertz CT molecular complexity index is 1050. The summed E-state index contributed by atoms with van der Waals surface area (Å²) >= 11 is 0. The van der Waals surface area contributed by atoms with Crippen LogP contribution < -0.4 is 14.2 Å². The zero-order chi connectivity index (χ0) is 25.4. The van der Waals surface area contributed by atoms with E-state index in [0.717, 1.165) is 11.1 Å². The molecule has 186 valence electrons. The second-order valence-corrected chi connectivity index (χ2v) is 9.89. The minimum Gasteiger partial charge on any atom is -0.497 e. The van der Waals surface area contributed by atoms with Crippen molar-refractivity contribution in [2.24, 2.45) is 5.92 Å². The van der Waals surface area contributed by atoms with Crippen LogP contribution in [0.5, 0.6) is 11.5 Å². The fraction of sp³-hybridized carbons (Fsp3) is 0.480. The first-order valence-corrected chi connectivity index (χ1v) is 12.6. The third kappa shape index (κ3) is 7.43. The van der Waals surface area contributed by atoms with Gasteiger partial charge in [0.25, 0.3) is 0 Å². The lowest BCUT2D eigenvalue weighted by Crippen LogP contribution is -2.48. The Morgan fingerprint density at radius 2 is 1.71 bits per heavy atom. The Morgan fingerprint density at radius 3 is 2.18 bits per heavy atom. The first kappa shape index (κ1) is 27.6. The van der Waals surface area contributed by atoms with Crippen LogP contribution in [0.4, 0.5) is 0 Å². The monoisotopic (exact) mass is 489 g/mol. The fourth-order valence-electron chi connectivity index (χ4n) is 4.13. The molecule has 34 heavy (non-hydrogen) atoms. The summed E-state index contributed by atoms with van der Waals surface area (Å²) in [6, 6.07) is 17.6. The summed E-state index contributed by atoms with van der Waals surface area (Å²) in [6.45, 7) is 4.47. The number of nitrogens with zero attached hydrogens (tertiary/aromatic N) is 2. The highest BCUT2D eigenvalue weighted by Gasteiger charge is 2.37. The van der Waals surface area contributed by atoms with E-state index in [-0.39, 0.29) is 5.92 Å². The largest absolute Gasteiger partial charge is 0.497 e. The third-order valence-electron chi connectivity index (χ3n) is 6.27. The maximum absolute atomic E-state index is 11.7. The average molecular weight is 490 g/mol. The van der Waals surface area contributed by atoms with Gasteiger partial charge < -0.3 is 9.47 Å². The van der Waals surface area contributed by atoms with Crippen LogP contribution in [0.3, 0.4) is 0 Å². The van der Waals surface area contributed by atoms with Crippen molar-refractivity contribution in [3.8, 4) is 17.6 Å². The molecule has 0 aliphatic rings. The minimum absolute atomic E-state index is 0.000776. The van der Waals surface area contributed by atoms with Crippen LogP contribution in [0.15, 0.2) is 48.5 Å². The van der Waals surface area contributed by atoms with E-state index in [1.807, 2.05) is 61.2 Å². The Hall–Kier alpha value is -2.64. The van der Waals surface area contributed by atoms with Crippen LogP contribution in [0.25, 0.3) is 0 Å². The van der Waals surface area contributed by atoms with Gasteiger partial charge in [0.2, 0.25) is 0 Å². The van der Waals surface area contributed by atoms with Crippen LogP contribution >= 0.6 is 0 Å². The van der Waals surface area contributed by atoms with Crippen LogP contribution in [-0.2, 0) is 22.1 Å². The molecule has 2 unspecified atom stereocenters. The quantitative estimate of drug-likeness (QED) is 0.325. The minimum atomic E-state index is -4.45. The zero-order valence-electron chi connectivity index (χ0n) is 20.5. The number of rotatable bonds is 13. The molecule has 0 saturated carbocycles. The molecule has 8 nitrogen and oxygen atoms in total. The Labute approximate surface area is 203 Å². The molecule has 0 aliphatic carbocycles. The van der Waals surface area contributed by atoms with Crippen LogP contribution in [0, 0.1) is 17.2 Å². The molecule has 0 aromatic heterocycles. The maximum atomic E-state index is 11.7. The van der Waals surface area contributed by atoms with Crippen molar-refractivity contribution in [3.05, 3.63) is 59.7 Å². The molecule has 0 spiro atoms. The number of benzene rings is 2. The third-order valence-corrected chi connectivity index (χ3v) is 6.84. The SMILES string of the molecule is COc1cc(CCN(C)C(CCC(C#N)(c2ccccc2)C(C)C)NS(=O)(=O)O)cc(OC)c1. The van der Waals surface area contributed by atoms with E-state index in [9.17, 15) is 18.2 Å². The first-order chi connectivity index (χ1) is 16.0. The van der Waals surface area contributed by atoms with Gasteiger partial charge in [0, 0.05) is 12.6 Å². The number of nitriles is 1. The molecule has 2 N–H and O–H groups in total. The molecule has 2 aromatic rings. The van der Waals surface area contributed by atoms with Crippen molar-refractivity contribution in [1.29, 1.82) is 5.26 Å². The number of hydrogen-bond donors (Lipinski definition) is 2. The smallest absolute Gasteiger partial charge is 0.334 e. The van der Waals surface area contributed by atoms with Crippen molar-refractivity contribution < 1.29 is 22.4 Å². The van der Waals surface area contributed by atoms with Gasteiger partial charge in [-0.05, 0) is 55.5 Å². The summed E-state index contributed by atoms with van der Waals surface area (Å²) in [5.41, 5.74) is 1.07. The van der Waals surface area contributed by atoms with E-state index >= 15 is 0 Å². The van der Waals surface area contributed by atoms with Crippen molar-refractivity contribution in [3.63, 3.8) is 0 Å². The van der Waals surface area contributed by atoms with Gasteiger partial charge in [-0.15, -0.1) is 0 Å². The second-order valence-electron chi connectivity index (χ2n) is 8.70. The fourth-order valence-corrected chi connectivity index (χ4v) is 4.77. The van der Waals surface area contributed by atoms with Crippen molar-refractivity contribution in [1.82, 2.24) is 9.62 Å². The first-order valence-electron chi connectivity index (χ1n) is 11.2. The number of hydrogen-bond acceptors (Lipinski definition) is 6. The zero-order valence-corrected chi connectivity index (χ0v) is 21.3. The van der Waals surface area contributed by atoms with Gasteiger partial charge in [0.1, 0.15) is 11.5 Å². The molecule has 0 radical (unpaired) electrons. The molecule has 0 heterocycles. The van der Waals surface area contributed by atoms with Crippen molar-refractivity contribution >= 4 is 10.3 Å². The van der Waals surface area contributed by atoms with Crippen LogP contribution in [0.2, 0.25) is 0 Å². The van der Waals surface area contributed by atoms with E-state index < -0.39 is 21.9 Å². The van der Waals surface area contributed by atoms with Gasteiger partial charge >= 0.3 is 10.3 Å². The molecule has 0 bridgehead atoms. The van der Waals surface area contributed by atoms with Gasteiger partial charge in [-0.1, -0.05) is 44.2 Å². The second kappa shape index (κ2) is 12.2. The van der Waals surface area contributed by atoms with E-state index in [4.69, 9.17) is 9.47 Å². The van der Waals surface area contributed by atoms with E-state index in [2.05, 4.69) is 10.8 Å². The van der Waals surface area contributed by atoms with Crippen molar-refractivity contribution in [2.45, 2.75) is 44.7 Å². The number of nitrogens with one attached hydrogen (secondary N) is 1. The summed E-state index contributed by atoms with van der Waals surface area (Å²) in [5, 5.41) is 10.2. The lowest BCUT2D eigenvalue weighted by Gasteiger charge is -2.35. The van der Waals surface area contributed by atoms with Gasteiger partial charge in [-0.25, -0.2) is 0 Å². The Balaban J connectivity index is 2.22. The summed E-state index contributed by atoms with van der Waals surface area (Å²) in [5.74, 6) is 1.34. The van der Waals surface area contributed by atoms with Crippen LogP contribution in [-0.4, -0.2) is 51.8 Å². The molecule has 0 saturated heterocycles. The van der Waals surface area contributed by atoms with E-state index in [0.29, 0.717) is 37.3 Å². The summed E-state index contributed by atoms with van der Waals surface area (Å²) < 4.78 is 45.9. The summed E-state index contributed by atoms with van der Waals surface area (Å²) in [6.07, 6.45) is 0.645. The predicted molar refractivity (Wildman–Crippen MR) is 132 cm³/mol. The predicted octanol–water partition coefficient (Wildman–Crippen LogP) is 3.79. The molecular weight excluding hydrogens is 454 g/mol. The number of methoxy groups -OCH3 is 2. The summed E-state index contributed by atoms with van der Waals surface area (Å²) in [4.78, 5) is 1.83. The molecule has 2 atom stereocenters. The standard InChI is InChI=1S/C25H35N3O5S/c1-19(2)25(18-26,21-9-7-6-8-10-21)13-11-24(27-34(29,30)31)28(3)14-12-20-15-22(32-4)17-23(16-20)33-5/h6-10,15-17,19,24,27H,11-14H2,1-5H3,(H,29,30,31). The molecule has 0 fully saturated rings. The normalized spacial score (nSPS) is 14.4. The molecule has 9 heteroatoms. The highest BCUT2D eigenvalue weighted by Crippen LogP contribution is 2.37. The van der Waals surface area contributed by atoms with Gasteiger partial charge in [0.05, 0.1) is 31.9 Å². The van der Waals surface area contributed by atoms with Gasteiger partial charge in [0.15, 0.2) is 0 Å². The van der Waals surface area contributed by atoms with E-state index in [1.54, 1.807) is 27.3 Å². The molecule has 2 aromatic carbocycles. The summed E-state index contributed by atoms with van der Waals surface area (Å²) in [7, 11) is 0.503. The van der Waals surface area contributed by atoms with Crippen molar-refractivity contribution in [2.75, 3.05) is 27.8 Å². The number of ether oxygens (including phenoxy) is 2. The Morgan fingerprint density at radius 1 is 1.12 bits per heavy atom. The molecule has 0 aliphatic heterocycles.